The molecule has 2 aromatic rings. The molecule has 110 valence electrons. The number of hydrogen-bond acceptors (Lipinski definition) is 4. The van der Waals surface area contributed by atoms with E-state index in [1.54, 1.807) is 18.2 Å². The van der Waals surface area contributed by atoms with E-state index in [4.69, 9.17) is 23.2 Å². The van der Waals surface area contributed by atoms with Gasteiger partial charge in [-0.15, -0.1) is 0 Å². The third-order valence-corrected chi connectivity index (χ3v) is 3.42. The fraction of sp³-hybridized carbons (Fsp3) is 0.167. The van der Waals surface area contributed by atoms with Crippen molar-refractivity contribution in [2.45, 2.75) is 13.5 Å². The topological polar surface area (TPSA) is 90.1 Å². The normalized spacial score (nSPS) is 10.4. The summed E-state index contributed by atoms with van der Waals surface area (Å²) in [5.41, 5.74) is 0.448. The van der Waals surface area contributed by atoms with Crippen LogP contribution in [0.15, 0.2) is 24.4 Å². The standard InChI is InChI=1S/C12H10Cl2N4O3/c1-7-10(18(20)21)5-15-17(7)6-11(19)16-12-8(13)3-2-4-9(12)14/h2-5H,6H2,1H3,(H,16,19). The summed E-state index contributed by atoms with van der Waals surface area (Å²) >= 11 is 11.9. The largest absolute Gasteiger partial charge is 0.322 e. The van der Waals surface area contributed by atoms with Crippen LogP contribution in [0.4, 0.5) is 11.4 Å². The Kier molecular flexibility index (Phi) is 4.44. The maximum absolute atomic E-state index is 12.0. The SMILES string of the molecule is Cc1c([N+](=O)[O-])cnn1CC(=O)Nc1c(Cl)cccc1Cl. The van der Waals surface area contributed by atoms with Gasteiger partial charge in [0.2, 0.25) is 5.91 Å². The van der Waals surface area contributed by atoms with Crippen LogP contribution in [-0.4, -0.2) is 20.6 Å². The molecule has 1 aromatic heterocycles. The van der Waals surface area contributed by atoms with E-state index in [-0.39, 0.29) is 12.2 Å². The molecule has 0 fully saturated rings. The van der Waals surface area contributed by atoms with Gasteiger partial charge in [-0.05, 0) is 19.1 Å². The zero-order valence-corrected chi connectivity index (χ0v) is 12.4. The van der Waals surface area contributed by atoms with Gasteiger partial charge in [0.1, 0.15) is 18.4 Å². The predicted molar refractivity (Wildman–Crippen MR) is 78.7 cm³/mol. The number of carbonyl (C=O) groups is 1. The molecule has 0 spiro atoms. The van der Waals surface area contributed by atoms with Gasteiger partial charge in [0.15, 0.2) is 0 Å². The molecule has 0 atom stereocenters. The van der Waals surface area contributed by atoms with E-state index in [0.717, 1.165) is 6.20 Å². The highest BCUT2D eigenvalue weighted by Crippen LogP contribution is 2.29. The molecule has 1 N–H and O–H groups in total. The van der Waals surface area contributed by atoms with Crippen molar-refractivity contribution in [3.05, 3.63) is 50.2 Å². The number of hydrogen-bond donors (Lipinski definition) is 1. The Morgan fingerprint density at radius 3 is 2.57 bits per heavy atom. The van der Waals surface area contributed by atoms with Gasteiger partial charge in [-0.25, -0.2) is 0 Å². The van der Waals surface area contributed by atoms with Crippen molar-refractivity contribution in [2.75, 3.05) is 5.32 Å². The molecule has 2 rings (SSSR count). The van der Waals surface area contributed by atoms with E-state index in [2.05, 4.69) is 10.4 Å². The zero-order chi connectivity index (χ0) is 15.6. The molecule has 21 heavy (non-hydrogen) atoms. The summed E-state index contributed by atoms with van der Waals surface area (Å²) in [5.74, 6) is -0.439. The lowest BCUT2D eigenvalue weighted by molar-refractivity contribution is -0.385. The van der Waals surface area contributed by atoms with Crippen LogP contribution in [0.3, 0.4) is 0 Å². The molecule has 1 aromatic carbocycles. The number of nitro groups is 1. The van der Waals surface area contributed by atoms with Crippen molar-refractivity contribution in [3.63, 3.8) is 0 Å². The van der Waals surface area contributed by atoms with Crippen LogP contribution in [0.25, 0.3) is 0 Å². The number of nitrogens with zero attached hydrogens (tertiary/aromatic N) is 3. The molecule has 0 unspecified atom stereocenters. The number of rotatable bonds is 4. The van der Waals surface area contributed by atoms with Gasteiger partial charge >= 0.3 is 5.69 Å². The number of aromatic nitrogens is 2. The van der Waals surface area contributed by atoms with Gasteiger partial charge in [0.25, 0.3) is 0 Å². The number of amides is 1. The lowest BCUT2D eigenvalue weighted by atomic mass is 10.3. The third kappa shape index (κ3) is 3.32. The first-order valence-electron chi connectivity index (χ1n) is 5.81. The monoisotopic (exact) mass is 328 g/mol. The van der Waals surface area contributed by atoms with Gasteiger partial charge in [0, 0.05) is 0 Å². The minimum atomic E-state index is -0.554. The fourth-order valence-corrected chi connectivity index (χ4v) is 2.20. The minimum absolute atomic E-state index is 0.140. The zero-order valence-electron chi connectivity index (χ0n) is 10.8. The smallest absolute Gasteiger partial charge is 0.309 e. The third-order valence-electron chi connectivity index (χ3n) is 2.79. The van der Waals surface area contributed by atoms with Crippen molar-refractivity contribution in [1.29, 1.82) is 0 Å². The van der Waals surface area contributed by atoms with Crippen molar-refractivity contribution in [2.24, 2.45) is 0 Å². The van der Waals surface area contributed by atoms with Gasteiger partial charge in [-0.3, -0.25) is 19.6 Å². The average molecular weight is 329 g/mol. The van der Waals surface area contributed by atoms with E-state index < -0.39 is 10.8 Å². The maximum atomic E-state index is 12.0. The number of carbonyl (C=O) groups excluding carboxylic acids is 1. The van der Waals surface area contributed by atoms with Crippen LogP contribution in [0.1, 0.15) is 5.69 Å². The Bertz CT molecular complexity index is 694. The van der Waals surface area contributed by atoms with Crippen molar-refractivity contribution >= 4 is 40.5 Å². The van der Waals surface area contributed by atoms with Gasteiger partial charge < -0.3 is 5.32 Å². The first kappa shape index (κ1) is 15.3. The van der Waals surface area contributed by atoms with Crippen LogP contribution in [0, 0.1) is 17.0 Å². The molecule has 1 heterocycles. The molecule has 0 saturated heterocycles. The number of anilines is 1. The van der Waals surface area contributed by atoms with Crippen LogP contribution in [-0.2, 0) is 11.3 Å². The second kappa shape index (κ2) is 6.11. The maximum Gasteiger partial charge on any atom is 0.309 e. The highest BCUT2D eigenvalue weighted by molar-refractivity contribution is 6.39. The summed E-state index contributed by atoms with van der Waals surface area (Å²) in [5, 5.41) is 17.7. The van der Waals surface area contributed by atoms with E-state index in [0.29, 0.717) is 21.4 Å². The molecule has 0 saturated carbocycles. The second-order valence-electron chi connectivity index (χ2n) is 4.17. The molecule has 0 radical (unpaired) electrons. The first-order valence-corrected chi connectivity index (χ1v) is 6.56. The molecule has 0 aliphatic carbocycles. The number of benzene rings is 1. The fourth-order valence-electron chi connectivity index (χ4n) is 1.71. The summed E-state index contributed by atoms with van der Waals surface area (Å²) in [4.78, 5) is 22.1. The summed E-state index contributed by atoms with van der Waals surface area (Å²) in [6, 6.07) is 4.83. The molecule has 0 bridgehead atoms. The van der Waals surface area contributed by atoms with E-state index in [9.17, 15) is 14.9 Å². The van der Waals surface area contributed by atoms with Crippen molar-refractivity contribution in [3.8, 4) is 0 Å². The molecular formula is C12H10Cl2N4O3. The Morgan fingerprint density at radius 2 is 2.05 bits per heavy atom. The number of nitrogens with one attached hydrogen (secondary N) is 1. The molecule has 7 nitrogen and oxygen atoms in total. The first-order chi connectivity index (χ1) is 9.90. The second-order valence-corrected chi connectivity index (χ2v) is 4.99. The van der Waals surface area contributed by atoms with Crippen LogP contribution >= 0.6 is 23.2 Å². The molecule has 1 amide bonds. The lowest BCUT2D eigenvalue weighted by Crippen LogP contribution is -2.20. The Hall–Kier alpha value is -2.12. The number of para-hydroxylation sites is 1. The Labute approximate surface area is 129 Å². The van der Waals surface area contributed by atoms with Crippen LogP contribution in [0.2, 0.25) is 10.0 Å². The summed E-state index contributed by atoms with van der Waals surface area (Å²) in [6.07, 6.45) is 1.10. The Morgan fingerprint density at radius 1 is 1.43 bits per heavy atom. The van der Waals surface area contributed by atoms with E-state index in [1.807, 2.05) is 0 Å². The highest BCUT2D eigenvalue weighted by atomic mass is 35.5. The van der Waals surface area contributed by atoms with Crippen molar-refractivity contribution < 1.29 is 9.72 Å². The van der Waals surface area contributed by atoms with E-state index in [1.165, 1.54) is 11.6 Å². The predicted octanol–water partition coefficient (Wildman–Crippen LogP) is 3.05. The molecule has 0 aliphatic rings. The quantitative estimate of drug-likeness (QED) is 0.689. The lowest BCUT2D eigenvalue weighted by Gasteiger charge is -2.09. The van der Waals surface area contributed by atoms with Gasteiger partial charge in [0.05, 0.1) is 20.7 Å². The summed E-state index contributed by atoms with van der Waals surface area (Å²) in [6.45, 7) is 1.34. The van der Waals surface area contributed by atoms with Crippen molar-refractivity contribution in [1.82, 2.24) is 9.78 Å². The number of halogens is 2. The van der Waals surface area contributed by atoms with E-state index >= 15 is 0 Å². The summed E-state index contributed by atoms with van der Waals surface area (Å²) in [7, 11) is 0. The Balaban J connectivity index is 2.14. The molecule has 0 aliphatic heterocycles. The van der Waals surface area contributed by atoms with Crippen LogP contribution in [0.5, 0.6) is 0 Å². The minimum Gasteiger partial charge on any atom is -0.322 e. The average Bonchev–Trinajstić information content (AvgIpc) is 2.76. The highest BCUT2D eigenvalue weighted by Gasteiger charge is 2.18. The van der Waals surface area contributed by atoms with Crippen LogP contribution < -0.4 is 5.32 Å². The molecular weight excluding hydrogens is 319 g/mol. The van der Waals surface area contributed by atoms with Gasteiger partial charge in [-0.1, -0.05) is 29.3 Å². The molecule has 9 heteroatoms. The van der Waals surface area contributed by atoms with Gasteiger partial charge in [-0.2, -0.15) is 5.10 Å². The summed E-state index contributed by atoms with van der Waals surface area (Å²) < 4.78 is 1.23.